The van der Waals surface area contributed by atoms with Crippen molar-refractivity contribution in [2.45, 2.75) is 44.0 Å². The van der Waals surface area contributed by atoms with Crippen molar-refractivity contribution < 1.29 is 23.0 Å². The van der Waals surface area contributed by atoms with Crippen molar-refractivity contribution in [1.29, 1.82) is 0 Å². The molecule has 16 heavy (non-hydrogen) atoms. The van der Waals surface area contributed by atoms with Crippen LogP contribution >= 0.6 is 0 Å². The van der Waals surface area contributed by atoms with Gasteiger partial charge < -0.3 is 15.2 Å². The second-order valence-corrected chi connectivity index (χ2v) is 4.08. The molecule has 6 heteroatoms. The zero-order valence-corrected chi connectivity index (χ0v) is 9.09. The highest BCUT2D eigenvalue weighted by atomic mass is 19.4. The Balaban J connectivity index is 2.02. The van der Waals surface area contributed by atoms with Crippen LogP contribution in [0, 0.1) is 0 Å². The van der Waals surface area contributed by atoms with Crippen LogP contribution in [-0.4, -0.2) is 43.2 Å². The lowest BCUT2D eigenvalue weighted by atomic mass is 9.93. The van der Waals surface area contributed by atoms with E-state index in [0.29, 0.717) is 6.54 Å². The number of aliphatic hydroxyl groups is 1. The Labute approximate surface area is 93.0 Å². The van der Waals surface area contributed by atoms with Crippen LogP contribution in [0.15, 0.2) is 0 Å². The molecule has 2 N–H and O–H groups in total. The third kappa shape index (κ3) is 5.67. The fourth-order valence-corrected chi connectivity index (χ4v) is 1.85. The maximum atomic E-state index is 11.7. The highest BCUT2D eigenvalue weighted by molar-refractivity contribution is 4.79. The molecule has 1 fully saturated rings. The Kier molecular flexibility index (Phi) is 5.51. The van der Waals surface area contributed by atoms with E-state index in [2.05, 4.69) is 10.1 Å². The SMILES string of the molecule is O[C@H]1CCCC[C@@H]1NCCOCC(F)(F)F. The molecule has 3 nitrogen and oxygen atoms in total. The van der Waals surface area contributed by atoms with E-state index < -0.39 is 12.8 Å². The number of rotatable bonds is 5. The summed E-state index contributed by atoms with van der Waals surface area (Å²) in [5.74, 6) is 0. The lowest BCUT2D eigenvalue weighted by molar-refractivity contribution is -0.173. The minimum absolute atomic E-state index is 0.00300. The minimum atomic E-state index is -4.26. The summed E-state index contributed by atoms with van der Waals surface area (Å²) in [5.41, 5.74) is 0. The quantitative estimate of drug-likeness (QED) is 0.716. The number of halogens is 3. The Morgan fingerprint density at radius 2 is 1.94 bits per heavy atom. The monoisotopic (exact) mass is 241 g/mol. The van der Waals surface area contributed by atoms with E-state index in [4.69, 9.17) is 0 Å². The van der Waals surface area contributed by atoms with Crippen molar-refractivity contribution in [2.75, 3.05) is 19.8 Å². The van der Waals surface area contributed by atoms with Crippen molar-refractivity contribution >= 4 is 0 Å². The molecule has 0 saturated heterocycles. The summed E-state index contributed by atoms with van der Waals surface area (Å²) in [5, 5.41) is 12.6. The summed E-state index contributed by atoms with van der Waals surface area (Å²) in [7, 11) is 0. The van der Waals surface area contributed by atoms with Gasteiger partial charge in [-0.25, -0.2) is 0 Å². The molecule has 1 aliphatic rings. The number of alkyl halides is 3. The van der Waals surface area contributed by atoms with Gasteiger partial charge in [-0.05, 0) is 12.8 Å². The van der Waals surface area contributed by atoms with Gasteiger partial charge in [0.15, 0.2) is 0 Å². The lowest BCUT2D eigenvalue weighted by Crippen LogP contribution is -2.43. The van der Waals surface area contributed by atoms with Crippen LogP contribution in [-0.2, 0) is 4.74 Å². The maximum Gasteiger partial charge on any atom is 0.411 e. The van der Waals surface area contributed by atoms with Crippen LogP contribution in [0.1, 0.15) is 25.7 Å². The van der Waals surface area contributed by atoms with E-state index >= 15 is 0 Å². The second-order valence-electron chi connectivity index (χ2n) is 4.08. The Morgan fingerprint density at radius 3 is 2.56 bits per heavy atom. The van der Waals surface area contributed by atoms with Gasteiger partial charge in [-0.2, -0.15) is 13.2 Å². The summed E-state index contributed by atoms with van der Waals surface area (Å²) in [6.45, 7) is -0.845. The van der Waals surface area contributed by atoms with Crippen LogP contribution < -0.4 is 5.32 Å². The van der Waals surface area contributed by atoms with E-state index in [1.807, 2.05) is 0 Å². The van der Waals surface area contributed by atoms with Crippen molar-refractivity contribution in [3.8, 4) is 0 Å². The van der Waals surface area contributed by atoms with Crippen LogP contribution in [0.2, 0.25) is 0 Å². The van der Waals surface area contributed by atoms with Crippen molar-refractivity contribution in [3.63, 3.8) is 0 Å². The number of hydrogen-bond donors (Lipinski definition) is 2. The smallest absolute Gasteiger partial charge is 0.392 e. The molecule has 0 aromatic carbocycles. The van der Waals surface area contributed by atoms with E-state index in [1.54, 1.807) is 0 Å². The van der Waals surface area contributed by atoms with Crippen LogP contribution in [0.5, 0.6) is 0 Å². The summed E-state index contributed by atoms with van der Waals surface area (Å²) in [4.78, 5) is 0. The number of ether oxygens (including phenoxy) is 1. The molecule has 96 valence electrons. The molecule has 1 saturated carbocycles. The Morgan fingerprint density at radius 1 is 1.25 bits per heavy atom. The predicted octanol–water partition coefficient (Wildman–Crippen LogP) is 1.46. The molecule has 0 aromatic rings. The number of aliphatic hydroxyl groups excluding tert-OH is 1. The highest BCUT2D eigenvalue weighted by Crippen LogP contribution is 2.18. The molecule has 1 rings (SSSR count). The molecule has 0 unspecified atom stereocenters. The largest absolute Gasteiger partial charge is 0.411 e. The van der Waals surface area contributed by atoms with Gasteiger partial charge in [-0.1, -0.05) is 12.8 Å². The van der Waals surface area contributed by atoms with E-state index in [1.165, 1.54) is 0 Å². The first kappa shape index (κ1) is 13.7. The Hall–Kier alpha value is -0.330. The predicted molar refractivity (Wildman–Crippen MR) is 53.1 cm³/mol. The zero-order chi connectivity index (χ0) is 12.0. The normalized spacial score (nSPS) is 27.0. The summed E-state index contributed by atoms with van der Waals surface area (Å²) in [6, 6.07) is 0.00300. The van der Waals surface area contributed by atoms with Gasteiger partial charge in [0.25, 0.3) is 0 Å². The average Bonchev–Trinajstić information content (AvgIpc) is 2.18. The zero-order valence-electron chi connectivity index (χ0n) is 9.09. The lowest BCUT2D eigenvalue weighted by Gasteiger charge is -2.28. The molecule has 0 aliphatic heterocycles. The third-order valence-electron chi connectivity index (χ3n) is 2.65. The van der Waals surface area contributed by atoms with Crippen LogP contribution in [0.3, 0.4) is 0 Å². The fourth-order valence-electron chi connectivity index (χ4n) is 1.85. The molecular formula is C10H18F3NO2. The van der Waals surface area contributed by atoms with Crippen molar-refractivity contribution in [1.82, 2.24) is 5.32 Å². The second kappa shape index (κ2) is 6.42. The molecule has 0 aromatic heterocycles. The summed E-state index contributed by atoms with van der Waals surface area (Å²) < 4.78 is 39.6. The van der Waals surface area contributed by atoms with Gasteiger partial charge in [0, 0.05) is 12.6 Å². The third-order valence-corrected chi connectivity index (χ3v) is 2.65. The maximum absolute atomic E-state index is 11.7. The van der Waals surface area contributed by atoms with E-state index in [9.17, 15) is 18.3 Å². The first-order chi connectivity index (χ1) is 7.49. The molecule has 2 atom stereocenters. The van der Waals surface area contributed by atoms with Crippen molar-refractivity contribution in [2.24, 2.45) is 0 Å². The van der Waals surface area contributed by atoms with Gasteiger partial charge in [-0.15, -0.1) is 0 Å². The number of nitrogens with one attached hydrogen (secondary N) is 1. The standard InChI is InChI=1S/C10H18F3NO2/c11-10(12,13)7-16-6-5-14-8-3-1-2-4-9(8)15/h8-9,14-15H,1-7H2/t8-,9-/m0/s1. The van der Waals surface area contributed by atoms with Crippen LogP contribution in [0.4, 0.5) is 13.2 Å². The molecular weight excluding hydrogens is 223 g/mol. The van der Waals surface area contributed by atoms with Gasteiger partial charge in [0.1, 0.15) is 6.61 Å². The molecule has 0 bridgehead atoms. The minimum Gasteiger partial charge on any atom is -0.392 e. The van der Waals surface area contributed by atoms with Crippen LogP contribution in [0.25, 0.3) is 0 Å². The molecule has 1 aliphatic carbocycles. The van der Waals surface area contributed by atoms with Gasteiger partial charge >= 0.3 is 6.18 Å². The molecule has 0 spiro atoms. The first-order valence-electron chi connectivity index (χ1n) is 5.55. The van der Waals surface area contributed by atoms with Crippen molar-refractivity contribution in [3.05, 3.63) is 0 Å². The summed E-state index contributed by atoms with van der Waals surface area (Å²) in [6.07, 6.45) is -0.926. The van der Waals surface area contributed by atoms with Gasteiger partial charge in [-0.3, -0.25) is 0 Å². The first-order valence-corrected chi connectivity index (χ1v) is 5.55. The van der Waals surface area contributed by atoms with Gasteiger partial charge in [0.2, 0.25) is 0 Å². The molecule has 0 radical (unpaired) electrons. The highest BCUT2D eigenvalue weighted by Gasteiger charge is 2.27. The molecule has 0 heterocycles. The summed E-state index contributed by atoms with van der Waals surface area (Å²) >= 11 is 0. The molecule has 0 amide bonds. The Bertz CT molecular complexity index is 199. The average molecular weight is 241 g/mol. The number of hydrogen-bond acceptors (Lipinski definition) is 3. The van der Waals surface area contributed by atoms with E-state index in [-0.39, 0.29) is 18.8 Å². The van der Waals surface area contributed by atoms with E-state index in [0.717, 1.165) is 25.7 Å². The van der Waals surface area contributed by atoms with Gasteiger partial charge in [0.05, 0.1) is 12.7 Å². The topological polar surface area (TPSA) is 41.5 Å². The fraction of sp³-hybridized carbons (Fsp3) is 1.00.